The maximum absolute atomic E-state index is 9.02. The molecular weight excluding hydrogens is 274 g/mol. The number of nitriles is 1. The maximum Gasteiger partial charge on any atom is 0.137 e. The van der Waals surface area contributed by atoms with Crippen molar-refractivity contribution in [2.75, 3.05) is 6.61 Å². The minimum atomic E-state index is 0.628. The van der Waals surface area contributed by atoms with Gasteiger partial charge in [0.15, 0.2) is 0 Å². The van der Waals surface area contributed by atoms with Crippen LogP contribution in [0.15, 0.2) is 42.6 Å². The quantitative estimate of drug-likeness (QED) is 0.730. The smallest absolute Gasteiger partial charge is 0.137 e. The lowest BCUT2D eigenvalue weighted by molar-refractivity contribution is 0.317. The van der Waals surface area contributed by atoms with Crippen LogP contribution in [-0.2, 0) is 0 Å². The number of hydrogen-bond acceptors (Lipinski definition) is 3. The summed E-state index contributed by atoms with van der Waals surface area (Å²) >= 11 is 0. The van der Waals surface area contributed by atoms with Crippen LogP contribution >= 0.6 is 0 Å². The van der Waals surface area contributed by atoms with Crippen molar-refractivity contribution in [2.45, 2.75) is 20.3 Å². The lowest BCUT2D eigenvalue weighted by Gasteiger charge is -2.05. The van der Waals surface area contributed by atoms with Crippen molar-refractivity contribution < 1.29 is 4.74 Å². The third-order valence-electron chi connectivity index (χ3n) is 3.59. The van der Waals surface area contributed by atoms with Gasteiger partial charge < -0.3 is 9.14 Å². The Morgan fingerprint density at radius 2 is 1.95 bits per heavy atom. The summed E-state index contributed by atoms with van der Waals surface area (Å²) in [4.78, 5) is 4.66. The molecule has 1 aromatic carbocycles. The van der Waals surface area contributed by atoms with Crippen LogP contribution < -0.4 is 4.74 Å². The van der Waals surface area contributed by atoms with Gasteiger partial charge in [0.1, 0.15) is 17.5 Å². The van der Waals surface area contributed by atoms with E-state index in [9.17, 15) is 0 Å². The van der Waals surface area contributed by atoms with Crippen LogP contribution in [-0.4, -0.2) is 16.0 Å². The van der Waals surface area contributed by atoms with Crippen LogP contribution in [0.4, 0.5) is 0 Å². The number of nitrogens with zero attached hydrogens (tertiary/aromatic N) is 3. The Labute approximate surface area is 129 Å². The molecule has 4 nitrogen and oxygen atoms in total. The highest BCUT2D eigenvalue weighted by Gasteiger charge is 2.11. The first kappa shape index (κ1) is 14.2. The van der Waals surface area contributed by atoms with Crippen molar-refractivity contribution in [2.24, 2.45) is 0 Å². The monoisotopic (exact) mass is 291 g/mol. The third kappa shape index (κ3) is 2.53. The second-order valence-electron chi connectivity index (χ2n) is 5.18. The molecule has 0 unspecified atom stereocenters. The van der Waals surface area contributed by atoms with Crippen LogP contribution in [0.25, 0.3) is 16.9 Å². The van der Waals surface area contributed by atoms with Crippen molar-refractivity contribution in [3.8, 4) is 23.1 Å². The predicted octanol–water partition coefficient (Wildman–Crippen LogP) is 3.97. The average Bonchev–Trinajstić information content (AvgIpc) is 2.90. The van der Waals surface area contributed by atoms with E-state index in [0.717, 1.165) is 41.4 Å². The first-order valence-corrected chi connectivity index (χ1v) is 7.35. The van der Waals surface area contributed by atoms with Gasteiger partial charge in [0.05, 0.1) is 17.9 Å². The maximum atomic E-state index is 9.02. The Kier molecular flexibility index (Phi) is 3.80. The van der Waals surface area contributed by atoms with Gasteiger partial charge in [-0.15, -0.1) is 0 Å². The molecule has 0 amide bonds. The van der Waals surface area contributed by atoms with Crippen molar-refractivity contribution in [3.63, 3.8) is 0 Å². The molecule has 0 fully saturated rings. The molecule has 0 atom stereocenters. The van der Waals surface area contributed by atoms with Gasteiger partial charge in [0.25, 0.3) is 0 Å². The molecule has 0 aliphatic rings. The lowest BCUT2D eigenvalue weighted by atomic mass is 10.1. The van der Waals surface area contributed by atoms with E-state index in [4.69, 9.17) is 10.00 Å². The molecular formula is C18H17N3O. The van der Waals surface area contributed by atoms with Gasteiger partial charge in [-0.1, -0.05) is 6.92 Å². The Morgan fingerprint density at radius 1 is 1.18 bits per heavy atom. The Bertz CT molecular complexity index is 841. The average molecular weight is 291 g/mol. The molecule has 0 saturated heterocycles. The number of fused-ring (bicyclic) bond motifs is 1. The molecule has 3 aromatic rings. The van der Waals surface area contributed by atoms with Crippen molar-refractivity contribution >= 4 is 5.65 Å². The molecule has 0 radical (unpaired) electrons. The van der Waals surface area contributed by atoms with Gasteiger partial charge in [-0.05, 0) is 49.7 Å². The fourth-order valence-electron chi connectivity index (χ4n) is 2.43. The number of aromatic nitrogens is 2. The summed E-state index contributed by atoms with van der Waals surface area (Å²) in [6.45, 7) is 4.82. The highest BCUT2D eigenvalue weighted by Crippen LogP contribution is 2.26. The zero-order chi connectivity index (χ0) is 15.5. The number of pyridine rings is 1. The number of aryl methyl sites for hydroxylation is 1. The fraction of sp³-hybridized carbons (Fsp3) is 0.222. The summed E-state index contributed by atoms with van der Waals surface area (Å²) < 4.78 is 7.56. The van der Waals surface area contributed by atoms with Gasteiger partial charge in [0, 0.05) is 17.5 Å². The molecule has 4 heteroatoms. The zero-order valence-corrected chi connectivity index (χ0v) is 12.7. The molecule has 0 aliphatic heterocycles. The SMILES string of the molecule is CCCOc1ccc(-c2nc3ccc(C#N)cn3c2C)cc1. The van der Waals surface area contributed by atoms with Gasteiger partial charge in [0.2, 0.25) is 0 Å². The molecule has 0 aliphatic carbocycles. The standard InChI is InChI=1S/C18H17N3O/c1-3-10-22-16-7-5-15(6-8-16)18-13(2)21-12-14(11-19)4-9-17(21)20-18/h4-9,12H,3,10H2,1-2H3. The van der Waals surface area contributed by atoms with E-state index in [1.807, 2.05) is 47.9 Å². The summed E-state index contributed by atoms with van der Waals surface area (Å²) in [6, 6.07) is 13.8. The van der Waals surface area contributed by atoms with E-state index in [0.29, 0.717) is 5.56 Å². The molecule has 0 spiro atoms. The molecule has 22 heavy (non-hydrogen) atoms. The van der Waals surface area contributed by atoms with E-state index in [1.165, 1.54) is 0 Å². The molecule has 3 rings (SSSR count). The number of imidazole rings is 1. The van der Waals surface area contributed by atoms with Crippen LogP contribution in [0.5, 0.6) is 5.75 Å². The van der Waals surface area contributed by atoms with Gasteiger partial charge in [-0.3, -0.25) is 0 Å². The van der Waals surface area contributed by atoms with E-state index < -0.39 is 0 Å². The molecule has 110 valence electrons. The van der Waals surface area contributed by atoms with Gasteiger partial charge in [-0.2, -0.15) is 5.26 Å². The number of hydrogen-bond donors (Lipinski definition) is 0. The van der Waals surface area contributed by atoms with Gasteiger partial charge >= 0.3 is 0 Å². The predicted molar refractivity (Wildman–Crippen MR) is 85.9 cm³/mol. The third-order valence-corrected chi connectivity index (χ3v) is 3.59. The molecule has 2 aromatic heterocycles. The lowest BCUT2D eigenvalue weighted by Crippen LogP contribution is -1.94. The molecule has 0 bridgehead atoms. The summed E-state index contributed by atoms with van der Waals surface area (Å²) in [7, 11) is 0. The fourth-order valence-corrected chi connectivity index (χ4v) is 2.43. The Balaban J connectivity index is 1.99. The van der Waals surface area contributed by atoms with Crippen molar-refractivity contribution in [1.82, 2.24) is 9.38 Å². The summed E-state index contributed by atoms with van der Waals surface area (Å²) in [5, 5.41) is 9.02. The van der Waals surface area contributed by atoms with E-state index in [-0.39, 0.29) is 0 Å². The summed E-state index contributed by atoms with van der Waals surface area (Å²) in [6.07, 6.45) is 2.81. The largest absolute Gasteiger partial charge is 0.494 e. The van der Waals surface area contributed by atoms with Crippen molar-refractivity contribution in [1.29, 1.82) is 5.26 Å². The van der Waals surface area contributed by atoms with E-state index in [2.05, 4.69) is 18.0 Å². The van der Waals surface area contributed by atoms with Crippen LogP contribution in [0.2, 0.25) is 0 Å². The minimum Gasteiger partial charge on any atom is -0.494 e. The highest BCUT2D eigenvalue weighted by atomic mass is 16.5. The van der Waals surface area contributed by atoms with E-state index in [1.54, 1.807) is 6.07 Å². The normalized spacial score (nSPS) is 10.6. The Hall–Kier alpha value is -2.80. The number of benzene rings is 1. The van der Waals surface area contributed by atoms with Crippen LogP contribution in [0, 0.1) is 18.3 Å². The topological polar surface area (TPSA) is 50.3 Å². The van der Waals surface area contributed by atoms with Crippen molar-refractivity contribution in [3.05, 3.63) is 53.9 Å². The number of rotatable bonds is 4. The minimum absolute atomic E-state index is 0.628. The zero-order valence-electron chi connectivity index (χ0n) is 12.7. The summed E-state index contributed by atoms with van der Waals surface area (Å²) in [5.41, 5.74) is 4.47. The second kappa shape index (κ2) is 5.90. The highest BCUT2D eigenvalue weighted by molar-refractivity contribution is 5.67. The second-order valence-corrected chi connectivity index (χ2v) is 5.18. The Morgan fingerprint density at radius 3 is 2.64 bits per heavy atom. The van der Waals surface area contributed by atoms with E-state index >= 15 is 0 Å². The molecule has 0 saturated carbocycles. The first-order valence-electron chi connectivity index (χ1n) is 7.35. The van der Waals surface area contributed by atoms with Gasteiger partial charge in [-0.25, -0.2) is 4.98 Å². The number of ether oxygens (including phenoxy) is 1. The first-order chi connectivity index (χ1) is 10.7. The van der Waals surface area contributed by atoms with Crippen LogP contribution in [0.3, 0.4) is 0 Å². The van der Waals surface area contributed by atoms with Crippen LogP contribution in [0.1, 0.15) is 24.6 Å². The molecule has 2 heterocycles. The molecule has 0 N–H and O–H groups in total. The summed E-state index contributed by atoms with van der Waals surface area (Å²) in [5.74, 6) is 0.874.